The Morgan fingerprint density at radius 2 is 2.00 bits per heavy atom. The molecular formula is C11H16B2FNO. The van der Waals surface area contributed by atoms with Crippen LogP contribution in [0.5, 0.6) is 5.75 Å². The third kappa shape index (κ3) is 2.79. The van der Waals surface area contributed by atoms with Crippen LogP contribution in [0.2, 0.25) is 0 Å². The zero-order valence-electron chi connectivity index (χ0n) is 9.87. The molecule has 1 fully saturated rings. The van der Waals surface area contributed by atoms with Crippen LogP contribution < -0.4 is 10.2 Å². The van der Waals surface area contributed by atoms with Gasteiger partial charge >= 0.3 is 0 Å². The van der Waals surface area contributed by atoms with Gasteiger partial charge in [0.05, 0.1) is 0 Å². The first-order valence-corrected chi connectivity index (χ1v) is 5.76. The first-order valence-electron chi connectivity index (χ1n) is 5.76. The Morgan fingerprint density at radius 1 is 1.31 bits per heavy atom. The molecule has 1 aromatic rings. The molecule has 0 spiro atoms. The van der Waals surface area contributed by atoms with Gasteiger partial charge in [0.1, 0.15) is 14.0 Å². The second-order valence-electron chi connectivity index (χ2n) is 4.55. The van der Waals surface area contributed by atoms with Crippen LogP contribution in [-0.4, -0.2) is 39.8 Å². The highest BCUT2D eigenvalue weighted by molar-refractivity contribution is 6.32. The molecule has 1 aliphatic rings. The summed E-state index contributed by atoms with van der Waals surface area (Å²) in [7, 11) is 3.98. The highest BCUT2D eigenvalue weighted by atomic mass is 19.1. The maximum atomic E-state index is 13.5. The number of hydrogen-bond donors (Lipinski definition) is 0. The van der Waals surface area contributed by atoms with Gasteiger partial charge in [-0.1, -0.05) is 11.5 Å². The van der Waals surface area contributed by atoms with Gasteiger partial charge in [0, 0.05) is 0 Å². The molecule has 0 radical (unpaired) electrons. The van der Waals surface area contributed by atoms with Crippen LogP contribution in [0.4, 0.5) is 4.39 Å². The average molecular weight is 219 g/mol. The summed E-state index contributed by atoms with van der Waals surface area (Å²) >= 11 is 0. The SMILES string of the molecule is Bc1ccc(OC2CCN(B)CC2)c(F)c1. The van der Waals surface area contributed by atoms with Crippen LogP contribution in [0.1, 0.15) is 12.8 Å². The smallest absolute Gasteiger partial charge is 0.185 e. The second kappa shape index (κ2) is 4.91. The predicted octanol–water partition coefficient (Wildman–Crippen LogP) is -0.525. The summed E-state index contributed by atoms with van der Waals surface area (Å²) in [6.07, 6.45) is 2.11. The van der Waals surface area contributed by atoms with Crippen molar-refractivity contribution in [1.29, 1.82) is 0 Å². The maximum Gasteiger partial charge on any atom is 0.185 e. The minimum atomic E-state index is -0.251. The first kappa shape index (κ1) is 11.5. The molecule has 0 aromatic heterocycles. The van der Waals surface area contributed by atoms with Crippen molar-refractivity contribution in [3.63, 3.8) is 0 Å². The Labute approximate surface area is 97.6 Å². The molecule has 0 unspecified atom stereocenters. The van der Waals surface area contributed by atoms with E-state index in [1.54, 1.807) is 6.07 Å². The Bertz CT molecular complexity index is 367. The standard InChI is InChI=1S/C11H16B2FNO/c12-8-1-2-11(10(14)7-8)16-9-3-5-15(13)6-4-9/h1-2,7,9H,3-6,12-13H2. The molecule has 0 aliphatic carbocycles. The number of piperidine rings is 1. The van der Waals surface area contributed by atoms with Crippen LogP contribution >= 0.6 is 0 Å². The molecule has 0 amide bonds. The van der Waals surface area contributed by atoms with Crippen molar-refractivity contribution >= 4 is 21.3 Å². The fourth-order valence-electron chi connectivity index (χ4n) is 1.98. The molecule has 2 rings (SSSR count). The van der Waals surface area contributed by atoms with Crippen molar-refractivity contribution in [2.24, 2.45) is 0 Å². The lowest BCUT2D eigenvalue weighted by molar-refractivity contribution is 0.131. The van der Waals surface area contributed by atoms with Crippen molar-refractivity contribution in [3.8, 4) is 5.75 Å². The fraction of sp³-hybridized carbons (Fsp3) is 0.455. The molecule has 1 aliphatic heterocycles. The molecule has 0 atom stereocenters. The molecule has 84 valence electrons. The Balaban J connectivity index is 1.98. The van der Waals surface area contributed by atoms with E-state index in [0.29, 0.717) is 5.75 Å². The molecular weight excluding hydrogens is 203 g/mol. The fourth-order valence-corrected chi connectivity index (χ4v) is 1.98. The van der Waals surface area contributed by atoms with E-state index in [0.717, 1.165) is 31.4 Å². The lowest BCUT2D eigenvalue weighted by atomic mass is 9.96. The van der Waals surface area contributed by atoms with Crippen molar-refractivity contribution in [1.82, 2.24) is 4.81 Å². The van der Waals surface area contributed by atoms with Crippen LogP contribution in [0.3, 0.4) is 0 Å². The third-order valence-corrected chi connectivity index (χ3v) is 3.05. The molecule has 0 N–H and O–H groups in total. The number of halogens is 1. The van der Waals surface area contributed by atoms with E-state index in [4.69, 9.17) is 4.74 Å². The van der Waals surface area contributed by atoms with E-state index in [1.807, 2.05) is 13.9 Å². The Kier molecular flexibility index (Phi) is 3.54. The number of hydrogen-bond acceptors (Lipinski definition) is 2. The van der Waals surface area contributed by atoms with Gasteiger partial charge in [-0.25, -0.2) is 4.39 Å². The van der Waals surface area contributed by atoms with E-state index >= 15 is 0 Å². The Hall–Kier alpha value is -0.960. The highest BCUT2D eigenvalue weighted by Gasteiger charge is 2.18. The van der Waals surface area contributed by atoms with Gasteiger partial charge in [-0.3, -0.25) is 0 Å². The molecule has 1 aromatic carbocycles. The summed E-state index contributed by atoms with van der Waals surface area (Å²) in [5, 5.41) is 0. The van der Waals surface area contributed by atoms with E-state index in [-0.39, 0.29) is 11.9 Å². The summed E-state index contributed by atoms with van der Waals surface area (Å²) < 4.78 is 19.2. The largest absolute Gasteiger partial charge is 0.487 e. The molecule has 0 saturated carbocycles. The first-order chi connectivity index (χ1) is 7.65. The molecule has 2 nitrogen and oxygen atoms in total. The van der Waals surface area contributed by atoms with Gasteiger partial charge in [-0.2, -0.15) is 0 Å². The average Bonchev–Trinajstić information content (AvgIpc) is 2.25. The van der Waals surface area contributed by atoms with Crippen molar-refractivity contribution in [2.75, 3.05) is 13.1 Å². The van der Waals surface area contributed by atoms with Gasteiger partial charge in [0.2, 0.25) is 0 Å². The second-order valence-corrected chi connectivity index (χ2v) is 4.55. The summed E-state index contributed by atoms with van der Waals surface area (Å²) in [5.74, 6) is 0.138. The maximum absolute atomic E-state index is 13.5. The molecule has 16 heavy (non-hydrogen) atoms. The van der Waals surface area contributed by atoms with Crippen molar-refractivity contribution < 1.29 is 9.13 Å². The zero-order valence-corrected chi connectivity index (χ0v) is 9.87. The van der Waals surface area contributed by atoms with Gasteiger partial charge in [0.15, 0.2) is 19.5 Å². The van der Waals surface area contributed by atoms with E-state index in [2.05, 4.69) is 12.8 Å². The van der Waals surface area contributed by atoms with Crippen LogP contribution in [0.25, 0.3) is 0 Å². The van der Waals surface area contributed by atoms with Crippen LogP contribution in [0.15, 0.2) is 18.2 Å². The minimum Gasteiger partial charge on any atom is -0.487 e. The number of rotatable bonds is 2. The van der Waals surface area contributed by atoms with E-state index in [9.17, 15) is 4.39 Å². The van der Waals surface area contributed by atoms with Crippen LogP contribution in [0, 0.1) is 5.82 Å². The molecule has 0 bridgehead atoms. The van der Waals surface area contributed by atoms with Gasteiger partial charge in [-0.15, -0.1) is 0 Å². The topological polar surface area (TPSA) is 12.5 Å². The van der Waals surface area contributed by atoms with Gasteiger partial charge in [-0.05, 0) is 38.1 Å². The molecule has 1 heterocycles. The lowest BCUT2D eigenvalue weighted by Gasteiger charge is -2.29. The minimum absolute atomic E-state index is 0.161. The van der Waals surface area contributed by atoms with Crippen molar-refractivity contribution in [2.45, 2.75) is 18.9 Å². The zero-order chi connectivity index (χ0) is 11.5. The molecule has 5 heteroatoms. The number of benzene rings is 1. The van der Waals surface area contributed by atoms with Gasteiger partial charge in [0.25, 0.3) is 0 Å². The normalized spacial score (nSPS) is 18.6. The summed E-state index contributed by atoms with van der Waals surface area (Å²) in [6, 6.07) is 5.13. The third-order valence-electron chi connectivity index (χ3n) is 3.05. The summed E-state index contributed by atoms with van der Waals surface area (Å²) in [6.45, 7) is 2.05. The van der Waals surface area contributed by atoms with E-state index in [1.165, 1.54) is 6.07 Å². The number of ether oxygens (including phenoxy) is 1. The van der Waals surface area contributed by atoms with Gasteiger partial charge < -0.3 is 9.55 Å². The van der Waals surface area contributed by atoms with Crippen LogP contribution in [-0.2, 0) is 0 Å². The molecule has 1 saturated heterocycles. The van der Waals surface area contributed by atoms with E-state index < -0.39 is 0 Å². The van der Waals surface area contributed by atoms with Crippen molar-refractivity contribution in [3.05, 3.63) is 24.0 Å². The predicted molar refractivity (Wildman–Crippen MR) is 68.3 cm³/mol. The quantitative estimate of drug-likeness (QED) is 0.620. The monoisotopic (exact) mass is 219 g/mol. The summed E-state index contributed by atoms with van der Waals surface area (Å²) in [4.78, 5) is 2.27. The number of nitrogens with zero attached hydrogens (tertiary/aromatic N) is 1. The highest BCUT2D eigenvalue weighted by Crippen LogP contribution is 2.20. The summed E-state index contributed by atoms with van der Waals surface area (Å²) in [5.41, 5.74) is 0.924. The lowest BCUT2D eigenvalue weighted by Crippen LogP contribution is -2.36. The Morgan fingerprint density at radius 3 is 2.62 bits per heavy atom.